The van der Waals surface area contributed by atoms with Crippen molar-refractivity contribution < 1.29 is 0 Å². The molecule has 0 atom stereocenters. The van der Waals surface area contributed by atoms with Crippen LogP contribution in [-0.4, -0.2) is 0 Å². The van der Waals surface area contributed by atoms with E-state index < -0.39 is 0 Å². The normalized spacial score (nSPS) is 26.3. The minimum atomic E-state index is 0.153. The largest absolute Gasteiger partial charge is 0.310 e. The fourth-order valence-electron chi connectivity index (χ4n) is 13.5. The second-order valence-electron chi connectivity index (χ2n) is 17.6. The summed E-state index contributed by atoms with van der Waals surface area (Å²) in [5.41, 5.74) is 18.7. The molecule has 0 saturated heterocycles. The van der Waals surface area contributed by atoms with Gasteiger partial charge in [-0.3, -0.25) is 0 Å². The highest BCUT2D eigenvalue weighted by Crippen LogP contribution is 2.69. The van der Waals surface area contributed by atoms with E-state index in [0.717, 1.165) is 23.7 Å². The number of hydrogen-bond donors (Lipinski definition) is 0. The van der Waals surface area contributed by atoms with Gasteiger partial charge in [0.25, 0.3) is 0 Å². The van der Waals surface area contributed by atoms with Crippen LogP contribution in [0.2, 0.25) is 0 Å². The Bertz CT molecular complexity index is 2380. The Morgan fingerprint density at radius 1 is 0.415 bits per heavy atom. The topological polar surface area (TPSA) is 3.24 Å². The van der Waals surface area contributed by atoms with Crippen molar-refractivity contribution in [2.45, 2.75) is 75.0 Å². The number of nitrogens with zero attached hydrogens (tertiary/aromatic N) is 1. The van der Waals surface area contributed by atoms with Gasteiger partial charge in [-0.15, -0.1) is 0 Å². The van der Waals surface area contributed by atoms with Gasteiger partial charge in [-0.2, -0.15) is 0 Å². The summed E-state index contributed by atoms with van der Waals surface area (Å²) in [7, 11) is 0. The van der Waals surface area contributed by atoms with E-state index in [2.05, 4.69) is 144 Å². The highest BCUT2D eigenvalue weighted by atomic mass is 15.1. The zero-order valence-corrected chi connectivity index (χ0v) is 30.6. The second kappa shape index (κ2) is 11.3. The van der Waals surface area contributed by atoms with Crippen molar-refractivity contribution in [2.24, 2.45) is 23.7 Å². The molecule has 1 heteroatoms. The Balaban J connectivity index is 1.08. The van der Waals surface area contributed by atoms with E-state index in [0.29, 0.717) is 0 Å². The molecular weight excluding hydrogens is 639 g/mol. The molecule has 0 radical (unpaired) electrons. The third-order valence-corrected chi connectivity index (χ3v) is 15.2. The third kappa shape index (κ3) is 4.15. The summed E-state index contributed by atoms with van der Waals surface area (Å²) in [5.74, 6) is 3.43. The summed E-state index contributed by atoms with van der Waals surface area (Å²) in [4.78, 5) is 2.59. The SMILES string of the molecule is c1ccc(-c2ccccc2N(c2ccc3c(c2)-c2ccccc2C32CCCCC2)c2ccc3c(c2)-c2ccccc2C32C3CC4CC(C3)CC2C4)cc1. The number of para-hydroxylation sites is 1. The van der Waals surface area contributed by atoms with Gasteiger partial charge in [0.1, 0.15) is 0 Å². The van der Waals surface area contributed by atoms with Gasteiger partial charge in [0.05, 0.1) is 5.69 Å². The predicted molar refractivity (Wildman–Crippen MR) is 219 cm³/mol. The lowest BCUT2D eigenvalue weighted by atomic mass is 9.43. The van der Waals surface area contributed by atoms with E-state index in [1.807, 2.05) is 0 Å². The van der Waals surface area contributed by atoms with Crippen LogP contribution in [-0.2, 0) is 10.8 Å². The molecule has 260 valence electrons. The molecule has 5 saturated carbocycles. The first kappa shape index (κ1) is 30.6. The van der Waals surface area contributed by atoms with Gasteiger partial charge in [0.15, 0.2) is 0 Å². The van der Waals surface area contributed by atoms with Crippen LogP contribution in [0.3, 0.4) is 0 Å². The maximum absolute atomic E-state index is 2.59. The molecule has 6 aromatic rings. The Kier molecular flexibility index (Phi) is 6.53. The van der Waals surface area contributed by atoms with Crippen molar-refractivity contribution in [1.82, 2.24) is 0 Å². The first-order chi connectivity index (χ1) is 26.2. The molecule has 6 aromatic carbocycles. The lowest BCUT2D eigenvalue weighted by molar-refractivity contribution is -0.0399. The lowest BCUT2D eigenvalue weighted by Crippen LogP contribution is -2.55. The van der Waals surface area contributed by atoms with Crippen LogP contribution in [0.15, 0.2) is 140 Å². The van der Waals surface area contributed by atoms with Crippen LogP contribution < -0.4 is 4.90 Å². The van der Waals surface area contributed by atoms with Crippen molar-refractivity contribution >= 4 is 17.1 Å². The third-order valence-electron chi connectivity index (χ3n) is 15.2. The summed E-state index contributed by atoms with van der Waals surface area (Å²) >= 11 is 0. The maximum Gasteiger partial charge on any atom is 0.0540 e. The van der Waals surface area contributed by atoms with Crippen molar-refractivity contribution in [1.29, 1.82) is 0 Å². The van der Waals surface area contributed by atoms with Crippen LogP contribution in [0.5, 0.6) is 0 Å². The van der Waals surface area contributed by atoms with Gasteiger partial charge < -0.3 is 4.90 Å². The zero-order valence-electron chi connectivity index (χ0n) is 30.6. The molecule has 0 unspecified atom stereocenters. The Hall–Kier alpha value is -4.88. The minimum absolute atomic E-state index is 0.153. The molecule has 13 rings (SSSR count). The molecule has 7 aliphatic carbocycles. The highest BCUT2D eigenvalue weighted by Gasteiger charge is 2.61. The monoisotopic (exact) mass is 685 g/mol. The van der Waals surface area contributed by atoms with Crippen LogP contribution in [0.25, 0.3) is 33.4 Å². The highest BCUT2D eigenvalue weighted by molar-refractivity contribution is 5.93. The van der Waals surface area contributed by atoms with Gasteiger partial charge in [-0.25, -0.2) is 0 Å². The standard InChI is InChI=1S/C52H47N/c1-3-13-36(14-4-1)41-15-7-10-20-50(41)53(39-21-23-47-44(32-39)42-16-5-8-18-46(42)51(47)25-11-2-12-26-51)40-22-24-49-45(33-40)43-17-6-9-19-48(43)52(49)37-28-34-27-35(30-37)31-38(52)29-34/h1,3-10,13-24,32-35,37-38H,2,11-12,25-31H2. The molecule has 0 N–H and O–H groups in total. The minimum Gasteiger partial charge on any atom is -0.310 e. The quantitative estimate of drug-likeness (QED) is 0.179. The van der Waals surface area contributed by atoms with Crippen LogP contribution in [0.4, 0.5) is 17.1 Å². The van der Waals surface area contributed by atoms with Gasteiger partial charge in [-0.05, 0) is 149 Å². The fraction of sp³-hybridized carbons (Fsp3) is 0.308. The molecule has 7 aliphatic rings. The number of fused-ring (bicyclic) bond motifs is 8. The molecule has 0 aromatic heterocycles. The van der Waals surface area contributed by atoms with E-state index in [-0.39, 0.29) is 10.8 Å². The summed E-state index contributed by atoms with van der Waals surface area (Å²) in [6.07, 6.45) is 13.6. The molecule has 0 aliphatic heterocycles. The van der Waals surface area contributed by atoms with E-state index >= 15 is 0 Å². The average Bonchev–Trinajstić information content (AvgIpc) is 3.64. The van der Waals surface area contributed by atoms with Crippen LogP contribution >= 0.6 is 0 Å². The van der Waals surface area contributed by atoms with Gasteiger partial charge in [0.2, 0.25) is 0 Å². The number of benzene rings is 6. The zero-order chi connectivity index (χ0) is 34.7. The maximum atomic E-state index is 2.59. The first-order valence-corrected chi connectivity index (χ1v) is 20.7. The molecule has 1 nitrogen and oxygen atoms in total. The summed E-state index contributed by atoms with van der Waals surface area (Å²) in [6.45, 7) is 0. The van der Waals surface area contributed by atoms with E-state index in [4.69, 9.17) is 0 Å². The summed E-state index contributed by atoms with van der Waals surface area (Å²) in [5, 5.41) is 0. The Labute approximate surface area is 314 Å². The van der Waals surface area contributed by atoms with Crippen LogP contribution in [0.1, 0.15) is 86.5 Å². The van der Waals surface area contributed by atoms with Gasteiger partial charge in [0, 0.05) is 27.8 Å². The number of hydrogen-bond acceptors (Lipinski definition) is 1. The van der Waals surface area contributed by atoms with Crippen molar-refractivity contribution in [2.75, 3.05) is 4.90 Å². The number of rotatable bonds is 4. The summed E-state index contributed by atoms with van der Waals surface area (Å²) < 4.78 is 0. The fourth-order valence-corrected chi connectivity index (χ4v) is 13.5. The Morgan fingerprint density at radius 3 is 1.62 bits per heavy atom. The first-order valence-electron chi connectivity index (χ1n) is 20.7. The lowest BCUT2D eigenvalue weighted by Gasteiger charge is -2.61. The van der Waals surface area contributed by atoms with E-state index in [1.54, 1.807) is 22.3 Å². The van der Waals surface area contributed by atoms with Crippen molar-refractivity contribution in [3.05, 3.63) is 162 Å². The average molecular weight is 686 g/mol. The molecule has 2 spiro atoms. The molecule has 0 heterocycles. The number of anilines is 3. The Morgan fingerprint density at radius 2 is 0.925 bits per heavy atom. The predicted octanol–water partition coefficient (Wildman–Crippen LogP) is 13.8. The summed E-state index contributed by atoms with van der Waals surface area (Å²) in [6, 6.07) is 54.1. The van der Waals surface area contributed by atoms with Crippen molar-refractivity contribution in [3.63, 3.8) is 0 Å². The second-order valence-corrected chi connectivity index (χ2v) is 17.6. The van der Waals surface area contributed by atoms with Crippen LogP contribution in [0, 0.1) is 23.7 Å². The van der Waals surface area contributed by atoms with Gasteiger partial charge in [-0.1, -0.05) is 128 Å². The molecule has 53 heavy (non-hydrogen) atoms. The van der Waals surface area contributed by atoms with E-state index in [1.165, 1.54) is 115 Å². The molecule has 4 bridgehead atoms. The molecule has 0 amide bonds. The van der Waals surface area contributed by atoms with Gasteiger partial charge >= 0.3 is 0 Å². The molecular formula is C52H47N. The van der Waals surface area contributed by atoms with E-state index in [9.17, 15) is 0 Å². The molecule has 5 fully saturated rings. The van der Waals surface area contributed by atoms with Crippen molar-refractivity contribution in [3.8, 4) is 33.4 Å². The smallest absolute Gasteiger partial charge is 0.0540 e.